The van der Waals surface area contributed by atoms with Crippen molar-refractivity contribution in [1.82, 2.24) is 5.43 Å². The molecule has 37 heavy (non-hydrogen) atoms. The van der Waals surface area contributed by atoms with Gasteiger partial charge in [0.1, 0.15) is 0 Å². The number of hydrogen-bond donors (Lipinski definition) is 4. The third-order valence-corrected chi connectivity index (χ3v) is 4.43. The van der Waals surface area contributed by atoms with Gasteiger partial charge in [-0.05, 0) is 60.4 Å². The first-order chi connectivity index (χ1) is 17.6. The van der Waals surface area contributed by atoms with E-state index in [-0.39, 0.29) is 5.91 Å². The Morgan fingerprint density at radius 2 is 1.16 bits per heavy atom. The van der Waals surface area contributed by atoms with Gasteiger partial charge >= 0.3 is 10.4 Å². The Morgan fingerprint density at radius 1 is 0.730 bits per heavy atom. The molecule has 3 aromatic carbocycles. The quantitative estimate of drug-likeness (QED) is 0.179. The lowest BCUT2D eigenvalue weighted by Crippen LogP contribution is -2.17. The number of amides is 1. The number of nitrogens with zero attached hydrogens (tertiary/aromatic N) is 2. The molecule has 10 heteroatoms. The van der Waals surface area contributed by atoms with Crippen LogP contribution in [0.15, 0.2) is 106 Å². The number of hydrazone groups is 2. The molecule has 0 radical (unpaired) electrons. The summed E-state index contributed by atoms with van der Waals surface area (Å²) in [6.07, 6.45) is 7.43. The first-order valence-corrected chi connectivity index (χ1v) is 12.4. The summed E-state index contributed by atoms with van der Waals surface area (Å²) in [6.45, 7) is 3.92. The van der Waals surface area contributed by atoms with Crippen LogP contribution < -0.4 is 10.9 Å². The van der Waals surface area contributed by atoms with E-state index in [9.17, 15) is 4.79 Å². The minimum atomic E-state index is -4.67. The minimum Gasteiger partial charge on any atom is -0.279 e. The molecule has 0 heterocycles. The van der Waals surface area contributed by atoms with Crippen LogP contribution in [0.2, 0.25) is 0 Å². The molecule has 0 aromatic heterocycles. The van der Waals surface area contributed by atoms with Crippen LogP contribution in [0, 0.1) is 0 Å². The number of nitrogens with one attached hydrogen (secondary N) is 2. The van der Waals surface area contributed by atoms with E-state index in [0.29, 0.717) is 5.56 Å². The highest BCUT2D eigenvalue weighted by molar-refractivity contribution is 7.79. The fraction of sp³-hybridized carbons (Fsp3) is 0.0741. The summed E-state index contributed by atoms with van der Waals surface area (Å²) in [4.78, 5) is 12.3. The molecule has 192 valence electrons. The van der Waals surface area contributed by atoms with Gasteiger partial charge in [0.05, 0.1) is 18.1 Å². The second-order valence-electron chi connectivity index (χ2n) is 7.69. The van der Waals surface area contributed by atoms with Crippen molar-refractivity contribution in [2.45, 2.75) is 13.8 Å². The molecule has 3 aromatic rings. The number of carbonyl (C=O) groups is 1. The standard InChI is InChI=1S/C27H26N4O.H2O4S/c1-21(17-23-9-5-3-6-10-23)19-28-30-26-15-13-25(14-16-26)27(32)31-29-20-22(2)18-24-11-7-4-8-12-24;1-5(2,3)4/h3-20,30H,1-2H3,(H,31,32);(H2,1,2,3,4)/b21-17+,22-18+,28-19+,29-20+;. The fourth-order valence-electron chi connectivity index (χ4n) is 2.86. The summed E-state index contributed by atoms with van der Waals surface area (Å²) in [5.74, 6) is -0.273. The molecule has 0 aliphatic heterocycles. The van der Waals surface area contributed by atoms with Gasteiger partial charge in [0, 0.05) is 5.56 Å². The van der Waals surface area contributed by atoms with Crippen molar-refractivity contribution in [3.05, 3.63) is 113 Å². The summed E-state index contributed by atoms with van der Waals surface area (Å²) in [6, 6.07) is 27.1. The number of carbonyl (C=O) groups excluding carboxylic acids is 1. The first-order valence-electron chi connectivity index (χ1n) is 11.0. The highest BCUT2D eigenvalue weighted by Gasteiger charge is 2.03. The second kappa shape index (κ2) is 14.9. The van der Waals surface area contributed by atoms with E-state index in [1.807, 2.05) is 80.6 Å². The van der Waals surface area contributed by atoms with Crippen molar-refractivity contribution in [2.75, 3.05) is 5.43 Å². The zero-order valence-corrected chi connectivity index (χ0v) is 21.1. The Balaban J connectivity index is 0.000000877. The predicted molar refractivity (Wildman–Crippen MR) is 149 cm³/mol. The molecule has 0 atom stereocenters. The summed E-state index contributed by atoms with van der Waals surface area (Å²) >= 11 is 0. The van der Waals surface area contributed by atoms with Crippen molar-refractivity contribution in [2.24, 2.45) is 10.2 Å². The molecule has 0 spiro atoms. The predicted octanol–water partition coefficient (Wildman–Crippen LogP) is 5.35. The molecule has 0 saturated heterocycles. The van der Waals surface area contributed by atoms with Crippen LogP contribution >= 0.6 is 0 Å². The Kier molecular flexibility index (Phi) is 11.6. The molecule has 0 bridgehead atoms. The van der Waals surface area contributed by atoms with E-state index >= 15 is 0 Å². The van der Waals surface area contributed by atoms with E-state index in [1.54, 1.807) is 36.7 Å². The van der Waals surface area contributed by atoms with Crippen LogP contribution in [-0.2, 0) is 10.4 Å². The normalized spacial score (nSPS) is 12.2. The van der Waals surface area contributed by atoms with Crippen LogP contribution in [0.5, 0.6) is 0 Å². The molecule has 3 rings (SSSR count). The molecule has 4 N–H and O–H groups in total. The van der Waals surface area contributed by atoms with Gasteiger partial charge in [-0.2, -0.15) is 18.6 Å². The Morgan fingerprint density at radius 3 is 1.62 bits per heavy atom. The lowest BCUT2D eigenvalue weighted by atomic mass is 10.1. The molecular formula is C27H28N4O5S. The average molecular weight is 521 g/mol. The molecule has 0 aliphatic carbocycles. The van der Waals surface area contributed by atoms with Gasteiger partial charge < -0.3 is 0 Å². The number of hydrogen-bond acceptors (Lipinski definition) is 6. The molecule has 0 aliphatic rings. The zero-order chi connectivity index (χ0) is 27.1. The highest BCUT2D eigenvalue weighted by atomic mass is 32.3. The van der Waals surface area contributed by atoms with Gasteiger partial charge in [-0.25, -0.2) is 5.43 Å². The number of rotatable bonds is 8. The van der Waals surface area contributed by atoms with Gasteiger partial charge in [0.25, 0.3) is 5.91 Å². The monoisotopic (exact) mass is 520 g/mol. The van der Waals surface area contributed by atoms with Crippen molar-refractivity contribution in [3.8, 4) is 0 Å². The maximum atomic E-state index is 12.3. The van der Waals surface area contributed by atoms with Crippen molar-refractivity contribution in [1.29, 1.82) is 0 Å². The Bertz CT molecular complexity index is 1360. The van der Waals surface area contributed by atoms with Crippen molar-refractivity contribution in [3.63, 3.8) is 0 Å². The molecule has 1 amide bonds. The lowest BCUT2D eigenvalue weighted by molar-refractivity contribution is 0.0955. The fourth-order valence-corrected chi connectivity index (χ4v) is 2.86. The van der Waals surface area contributed by atoms with Crippen LogP contribution in [-0.4, -0.2) is 35.9 Å². The van der Waals surface area contributed by atoms with Gasteiger partial charge in [-0.15, -0.1) is 0 Å². The van der Waals surface area contributed by atoms with E-state index < -0.39 is 10.4 Å². The third-order valence-electron chi connectivity index (χ3n) is 4.43. The van der Waals surface area contributed by atoms with Crippen molar-refractivity contribution >= 4 is 46.6 Å². The molecular weight excluding hydrogens is 492 g/mol. The average Bonchev–Trinajstić information content (AvgIpc) is 2.84. The van der Waals surface area contributed by atoms with E-state index in [4.69, 9.17) is 17.5 Å². The van der Waals surface area contributed by atoms with Crippen LogP contribution in [0.1, 0.15) is 35.3 Å². The van der Waals surface area contributed by atoms with Gasteiger partial charge in [-0.3, -0.25) is 19.3 Å². The summed E-state index contributed by atoms with van der Waals surface area (Å²) in [5, 5.41) is 8.27. The summed E-state index contributed by atoms with van der Waals surface area (Å²) in [7, 11) is -4.67. The van der Waals surface area contributed by atoms with E-state index in [2.05, 4.69) is 27.1 Å². The summed E-state index contributed by atoms with van der Waals surface area (Å²) < 4.78 is 31.6. The largest absolute Gasteiger partial charge is 0.394 e. The maximum Gasteiger partial charge on any atom is 0.394 e. The van der Waals surface area contributed by atoms with Gasteiger partial charge in [0.15, 0.2) is 0 Å². The van der Waals surface area contributed by atoms with Gasteiger partial charge in [-0.1, -0.05) is 72.8 Å². The van der Waals surface area contributed by atoms with Crippen molar-refractivity contribution < 1.29 is 22.3 Å². The Labute approximate surface area is 216 Å². The lowest BCUT2D eigenvalue weighted by Gasteiger charge is -2.03. The first kappa shape index (κ1) is 28.9. The summed E-state index contributed by atoms with van der Waals surface area (Å²) in [5.41, 5.74) is 11.0. The van der Waals surface area contributed by atoms with E-state index in [1.165, 1.54) is 0 Å². The topological polar surface area (TPSA) is 140 Å². The van der Waals surface area contributed by atoms with E-state index in [0.717, 1.165) is 28.0 Å². The third kappa shape index (κ3) is 13.3. The second-order valence-corrected chi connectivity index (χ2v) is 8.59. The zero-order valence-electron chi connectivity index (χ0n) is 20.3. The van der Waals surface area contributed by atoms with Crippen LogP contribution in [0.3, 0.4) is 0 Å². The molecule has 0 saturated carbocycles. The smallest absolute Gasteiger partial charge is 0.279 e. The molecule has 9 nitrogen and oxygen atoms in total. The van der Waals surface area contributed by atoms with Crippen LogP contribution in [0.25, 0.3) is 12.2 Å². The minimum absolute atomic E-state index is 0.273. The number of allylic oxidation sites excluding steroid dienone is 2. The molecule has 0 fully saturated rings. The SMILES string of the molecule is CC(/C=N/NC(=O)c1ccc(N/N=C/C(C)=C/c2ccccc2)cc1)=C\c1ccccc1.O=S(=O)(O)O. The van der Waals surface area contributed by atoms with Crippen LogP contribution in [0.4, 0.5) is 5.69 Å². The number of benzene rings is 3. The number of anilines is 1. The highest BCUT2D eigenvalue weighted by Crippen LogP contribution is 2.10. The maximum absolute atomic E-state index is 12.3. The molecule has 0 unspecified atom stereocenters. The van der Waals surface area contributed by atoms with Gasteiger partial charge in [0.2, 0.25) is 0 Å². The Hall–Kier alpha value is -4.38.